The van der Waals surface area contributed by atoms with Crippen molar-refractivity contribution in [3.63, 3.8) is 0 Å². The van der Waals surface area contributed by atoms with Crippen molar-refractivity contribution < 1.29 is 4.79 Å². The van der Waals surface area contributed by atoms with Crippen molar-refractivity contribution in [1.82, 2.24) is 19.9 Å². The van der Waals surface area contributed by atoms with Crippen LogP contribution in [0, 0.1) is 0 Å². The Morgan fingerprint density at radius 3 is 2.59 bits per heavy atom. The third-order valence-electron chi connectivity index (χ3n) is 4.43. The molecule has 2 aromatic heterocycles. The molecule has 0 fully saturated rings. The van der Waals surface area contributed by atoms with Gasteiger partial charge in [-0.3, -0.25) is 4.79 Å². The topological polar surface area (TPSA) is 59.8 Å². The predicted molar refractivity (Wildman–Crippen MR) is 106 cm³/mol. The molecular weight excluding hydrogens is 360 g/mol. The van der Waals surface area contributed by atoms with E-state index in [4.69, 9.17) is 11.6 Å². The minimum absolute atomic E-state index is 0.260. The van der Waals surface area contributed by atoms with Gasteiger partial charge in [0.1, 0.15) is 17.6 Å². The highest BCUT2D eigenvalue weighted by Crippen LogP contribution is 2.23. The summed E-state index contributed by atoms with van der Waals surface area (Å²) >= 11 is 6.01. The molecule has 27 heavy (non-hydrogen) atoms. The zero-order chi connectivity index (χ0) is 18.8. The van der Waals surface area contributed by atoms with Gasteiger partial charge in [0, 0.05) is 29.9 Å². The Morgan fingerprint density at radius 1 is 1.07 bits per heavy atom. The quantitative estimate of drug-likeness (QED) is 0.582. The van der Waals surface area contributed by atoms with E-state index < -0.39 is 6.04 Å². The molecule has 134 valence electrons. The van der Waals surface area contributed by atoms with Crippen molar-refractivity contribution in [2.45, 2.75) is 6.04 Å². The molecule has 2 heterocycles. The second-order valence-electron chi connectivity index (χ2n) is 6.24. The number of hydrogen-bond donors (Lipinski definition) is 1. The zero-order valence-corrected chi connectivity index (χ0v) is 15.4. The molecule has 1 N–H and O–H groups in total. The summed E-state index contributed by atoms with van der Waals surface area (Å²) in [4.78, 5) is 21.8. The lowest BCUT2D eigenvalue weighted by Gasteiger charge is -2.19. The Kier molecular flexibility index (Phi) is 4.60. The third kappa shape index (κ3) is 3.55. The fourth-order valence-corrected chi connectivity index (χ4v) is 3.13. The van der Waals surface area contributed by atoms with E-state index in [1.165, 1.54) is 0 Å². The van der Waals surface area contributed by atoms with Gasteiger partial charge in [0.05, 0.1) is 5.52 Å². The second-order valence-corrected chi connectivity index (χ2v) is 6.68. The van der Waals surface area contributed by atoms with Gasteiger partial charge in [-0.2, -0.15) is 0 Å². The summed E-state index contributed by atoms with van der Waals surface area (Å²) < 4.78 is 1.88. The van der Waals surface area contributed by atoms with Crippen LogP contribution in [0.15, 0.2) is 73.1 Å². The van der Waals surface area contributed by atoms with Crippen LogP contribution in [0.25, 0.3) is 10.9 Å². The average molecular weight is 377 g/mol. The van der Waals surface area contributed by atoms with Crippen LogP contribution >= 0.6 is 11.6 Å². The van der Waals surface area contributed by atoms with Gasteiger partial charge in [-0.25, -0.2) is 9.97 Å². The summed E-state index contributed by atoms with van der Waals surface area (Å²) in [6.07, 6.45) is 3.55. The first-order chi connectivity index (χ1) is 13.1. The standard InChI is InChI=1S/C21H17ClN4O/c1-26-13-12-23-20(26)19(15-6-9-16(22)10-7-15)25-21(27)18-11-8-14-4-2-3-5-17(14)24-18/h2-13,19H,1H3,(H,25,27). The summed E-state index contributed by atoms with van der Waals surface area (Å²) in [5.41, 5.74) is 2.04. The monoisotopic (exact) mass is 376 g/mol. The molecule has 0 aliphatic rings. The number of amides is 1. The molecule has 0 aliphatic heterocycles. The maximum atomic E-state index is 12.9. The van der Waals surface area contributed by atoms with E-state index in [1.54, 1.807) is 24.4 Å². The molecule has 0 radical (unpaired) electrons. The van der Waals surface area contributed by atoms with Crippen molar-refractivity contribution in [2.75, 3.05) is 0 Å². The smallest absolute Gasteiger partial charge is 0.270 e. The number of fused-ring (bicyclic) bond motifs is 1. The highest BCUT2D eigenvalue weighted by Gasteiger charge is 2.22. The number of hydrogen-bond acceptors (Lipinski definition) is 3. The van der Waals surface area contributed by atoms with Crippen LogP contribution in [0.4, 0.5) is 0 Å². The first kappa shape index (κ1) is 17.2. The number of carbonyl (C=O) groups is 1. The van der Waals surface area contributed by atoms with Gasteiger partial charge in [-0.15, -0.1) is 0 Å². The van der Waals surface area contributed by atoms with E-state index in [2.05, 4.69) is 15.3 Å². The van der Waals surface area contributed by atoms with E-state index in [9.17, 15) is 4.79 Å². The molecule has 0 saturated heterocycles. The number of aromatic nitrogens is 3. The number of rotatable bonds is 4. The summed E-state index contributed by atoms with van der Waals surface area (Å²) in [5.74, 6) is 0.468. The maximum absolute atomic E-state index is 12.9. The van der Waals surface area contributed by atoms with Gasteiger partial charge in [0.2, 0.25) is 0 Å². The molecule has 5 nitrogen and oxygen atoms in total. The predicted octanol–water partition coefficient (Wildman–Crippen LogP) is 4.14. The molecule has 6 heteroatoms. The normalized spacial score (nSPS) is 12.1. The number of halogens is 1. The number of nitrogens with zero attached hydrogens (tertiary/aromatic N) is 3. The Bertz CT molecular complexity index is 1100. The first-order valence-electron chi connectivity index (χ1n) is 8.51. The average Bonchev–Trinajstić information content (AvgIpc) is 3.12. The number of pyridine rings is 1. The van der Waals surface area contributed by atoms with Crippen LogP contribution < -0.4 is 5.32 Å². The fraction of sp³-hybridized carbons (Fsp3) is 0.0952. The molecule has 4 rings (SSSR count). The van der Waals surface area contributed by atoms with Gasteiger partial charge in [0.25, 0.3) is 5.91 Å². The Labute approximate surface area is 161 Å². The van der Waals surface area contributed by atoms with E-state index >= 15 is 0 Å². The number of aryl methyl sites for hydroxylation is 1. The summed E-state index contributed by atoms with van der Waals surface area (Å²) in [6, 6.07) is 18.3. The zero-order valence-electron chi connectivity index (χ0n) is 14.6. The van der Waals surface area contributed by atoms with Crippen LogP contribution in [0.2, 0.25) is 5.02 Å². The van der Waals surface area contributed by atoms with Crippen LogP contribution in [0.3, 0.4) is 0 Å². The Balaban J connectivity index is 1.69. The van der Waals surface area contributed by atoms with Crippen molar-refractivity contribution in [1.29, 1.82) is 0 Å². The lowest BCUT2D eigenvalue weighted by atomic mass is 10.1. The SMILES string of the molecule is Cn1ccnc1C(NC(=O)c1ccc2ccccc2n1)c1ccc(Cl)cc1. The Morgan fingerprint density at radius 2 is 1.85 bits per heavy atom. The van der Waals surface area contributed by atoms with Crippen molar-refractivity contribution in [3.8, 4) is 0 Å². The molecule has 1 unspecified atom stereocenters. The third-order valence-corrected chi connectivity index (χ3v) is 4.68. The van der Waals surface area contributed by atoms with Crippen LogP contribution in [0.5, 0.6) is 0 Å². The second kappa shape index (κ2) is 7.21. The highest BCUT2D eigenvalue weighted by molar-refractivity contribution is 6.30. The first-order valence-corrected chi connectivity index (χ1v) is 8.89. The number of carbonyl (C=O) groups excluding carboxylic acids is 1. The van der Waals surface area contributed by atoms with E-state index in [1.807, 2.05) is 60.3 Å². The largest absolute Gasteiger partial charge is 0.337 e. The maximum Gasteiger partial charge on any atom is 0.270 e. The van der Waals surface area contributed by atoms with Crippen molar-refractivity contribution in [2.24, 2.45) is 7.05 Å². The molecule has 4 aromatic rings. The number of nitrogens with one attached hydrogen (secondary N) is 1. The number of imidazole rings is 1. The van der Waals surface area contributed by atoms with Crippen molar-refractivity contribution >= 4 is 28.4 Å². The lowest BCUT2D eigenvalue weighted by Crippen LogP contribution is -2.31. The lowest BCUT2D eigenvalue weighted by molar-refractivity contribution is 0.0936. The molecule has 1 amide bonds. The van der Waals surface area contributed by atoms with Crippen LogP contribution in [-0.2, 0) is 7.05 Å². The van der Waals surface area contributed by atoms with Gasteiger partial charge in [-0.05, 0) is 29.8 Å². The minimum Gasteiger partial charge on any atom is -0.337 e. The minimum atomic E-state index is -0.414. The molecule has 0 spiro atoms. The number of para-hydroxylation sites is 1. The molecule has 0 aliphatic carbocycles. The van der Waals surface area contributed by atoms with E-state index in [-0.39, 0.29) is 5.91 Å². The van der Waals surface area contributed by atoms with Gasteiger partial charge in [0.15, 0.2) is 0 Å². The van der Waals surface area contributed by atoms with Gasteiger partial charge >= 0.3 is 0 Å². The molecule has 2 aromatic carbocycles. The molecule has 1 atom stereocenters. The summed E-state index contributed by atoms with van der Waals surface area (Å²) in [6.45, 7) is 0. The van der Waals surface area contributed by atoms with E-state index in [0.29, 0.717) is 10.7 Å². The summed E-state index contributed by atoms with van der Waals surface area (Å²) in [5, 5.41) is 4.68. The summed E-state index contributed by atoms with van der Waals surface area (Å²) in [7, 11) is 1.89. The number of benzene rings is 2. The molecule has 0 saturated carbocycles. The molecular formula is C21H17ClN4O. The fourth-order valence-electron chi connectivity index (χ4n) is 3.01. The van der Waals surface area contributed by atoms with Gasteiger partial charge < -0.3 is 9.88 Å². The molecule has 0 bridgehead atoms. The van der Waals surface area contributed by atoms with Crippen molar-refractivity contribution in [3.05, 3.63) is 95.2 Å². The van der Waals surface area contributed by atoms with Crippen LogP contribution in [-0.4, -0.2) is 20.4 Å². The highest BCUT2D eigenvalue weighted by atomic mass is 35.5. The van der Waals surface area contributed by atoms with Gasteiger partial charge in [-0.1, -0.05) is 48.0 Å². The van der Waals surface area contributed by atoms with E-state index in [0.717, 1.165) is 22.3 Å². The Hall–Kier alpha value is -3.18. The van der Waals surface area contributed by atoms with Crippen LogP contribution in [0.1, 0.15) is 27.9 Å².